The van der Waals surface area contributed by atoms with E-state index < -0.39 is 6.10 Å². The number of ether oxygens (including phenoxy) is 1. The zero-order chi connectivity index (χ0) is 21.0. The molecule has 0 saturated carbocycles. The fourth-order valence-corrected chi connectivity index (χ4v) is 3.39. The van der Waals surface area contributed by atoms with Crippen LogP contribution in [0.3, 0.4) is 0 Å². The lowest BCUT2D eigenvalue weighted by Gasteiger charge is -2.13. The summed E-state index contributed by atoms with van der Waals surface area (Å²) in [5.74, 6) is 0.640. The Bertz CT molecular complexity index is 995. The second-order valence-corrected chi connectivity index (χ2v) is 8.00. The lowest BCUT2D eigenvalue weighted by Crippen LogP contribution is -2.30. The maximum atomic E-state index is 12.4. The Morgan fingerprint density at radius 1 is 0.966 bits per heavy atom. The number of carbonyl (C=O) groups is 2. The molecule has 0 spiro atoms. The molecule has 1 atom stereocenters. The average molecular weight is 410 g/mol. The van der Waals surface area contributed by atoms with Crippen LogP contribution in [0.25, 0.3) is 10.6 Å². The zero-order valence-corrected chi connectivity index (χ0v) is 17.6. The van der Waals surface area contributed by atoms with Gasteiger partial charge in [0.25, 0.3) is 5.91 Å². The molecule has 1 heterocycles. The third kappa shape index (κ3) is 5.26. The fraction of sp³-hybridized carbons (Fsp3) is 0.273. The number of carbonyl (C=O) groups excluding carboxylic acids is 2. The molecule has 3 rings (SSSR count). The van der Waals surface area contributed by atoms with Crippen molar-refractivity contribution in [3.63, 3.8) is 0 Å². The summed E-state index contributed by atoms with van der Waals surface area (Å²) in [5.41, 5.74) is 2.81. The molecule has 1 unspecified atom stereocenters. The molecule has 1 N–H and O–H groups in total. The first kappa shape index (κ1) is 20.7. The number of nitrogens with zero attached hydrogens (tertiary/aromatic N) is 2. The summed E-state index contributed by atoms with van der Waals surface area (Å²) in [6.07, 6.45) is -0.726. The van der Waals surface area contributed by atoms with Gasteiger partial charge in [-0.05, 0) is 49.6 Å². The Morgan fingerprint density at radius 3 is 2.21 bits per heavy atom. The molecule has 1 amide bonds. The van der Waals surface area contributed by atoms with Crippen LogP contribution >= 0.6 is 11.3 Å². The number of rotatable bonds is 7. The van der Waals surface area contributed by atoms with Crippen LogP contribution in [0.4, 0.5) is 5.13 Å². The van der Waals surface area contributed by atoms with Gasteiger partial charge in [-0.3, -0.25) is 14.9 Å². The highest BCUT2D eigenvalue weighted by atomic mass is 32.1. The summed E-state index contributed by atoms with van der Waals surface area (Å²) in [7, 11) is 0. The van der Waals surface area contributed by atoms with Crippen LogP contribution in [-0.2, 0) is 4.79 Å². The van der Waals surface area contributed by atoms with E-state index in [0.717, 1.165) is 10.6 Å². The molecular weight excluding hydrogens is 386 g/mol. The van der Waals surface area contributed by atoms with Crippen LogP contribution in [0.2, 0.25) is 0 Å². The number of nitrogens with one attached hydrogen (secondary N) is 1. The summed E-state index contributed by atoms with van der Waals surface area (Å²) in [6.45, 7) is 7.45. The average Bonchev–Trinajstić information content (AvgIpc) is 3.16. The number of ketones is 1. The zero-order valence-electron chi connectivity index (χ0n) is 16.8. The van der Waals surface area contributed by atoms with Gasteiger partial charge >= 0.3 is 0 Å². The van der Waals surface area contributed by atoms with Crippen molar-refractivity contribution in [1.82, 2.24) is 10.2 Å². The number of Topliss-reactive ketones (excluding diaryl/α,β-unsaturated/α-hetero) is 1. The first-order valence-corrected chi connectivity index (χ1v) is 10.2. The van der Waals surface area contributed by atoms with E-state index in [1.54, 1.807) is 31.2 Å². The standard InChI is InChI=1S/C22H23N3O3S/c1-13(2)16-5-7-18(8-6-16)21-24-25-22(29-21)23-20(27)15(4)28-19-11-9-17(10-12-19)14(3)26/h5-13,15H,1-4H3,(H,23,25,27). The van der Waals surface area contributed by atoms with Gasteiger partial charge in [-0.1, -0.05) is 49.4 Å². The van der Waals surface area contributed by atoms with E-state index in [0.29, 0.717) is 22.4 Å². The van der Waals surface area contributed by atoms with Crippen molar-refractivity contribution in [1.29, 1.82) is 0 Å². The fourth-order valence-electron chi connectivity index (χ4n) is 2.63. The number of benzene rings is 2. The molecule has 0 aliphatic carbocycles. The second-order valence-electron chi connectivity index (χ2n) is 7.02. The van der Waals surface area contributed by atoms with Crippen LogP contribution < -0.4 is 10.1 Å². The molecule has 0 aliphatic rings. The minimum atomic E-state index is -0.726. The molecule has 1 aromatic heterocycles. The van der Waals surface area contributed by atoms with Gasteiger partial charge in [-0.25, -0.2) is 0 Å². The Morgan fingerprint density at radius 2 is 1.62 bits per heavy atom. The largest absolute Gasteiger partial charge is 0.481 e. The van der Waals surface area contributed by atoms with Crippen LogP contribution in [0.1, 0.15) is 49.5 Å². The topological polar surface area (TPSA) is 81.2 Å². The highest BCUT2D eigenvalue weighted by Crippen LogP contribution is 2.28. The number of anilines is 1. The lowest BCUT2D eigenvalue weighted by atomic mass is 10.0. The van der Waals surface area contributed by atoms with Crippen LogP contribution in [0.5, 0.6) is 5.75 Å². The highest BCUT2D eigenvalue weighted by molar-refractivity contribution is 7.18. The maximum absolute atomic E-state index is 12.4. The minimum Gasteiger partial charge on any atom is -0.481 e. The molecule has 0 bridgehead atoms. The van der Waals surface area contributed by atoms with Gasteiger partial charge in [0.1, 0.15) is 10.8 Å². The Hall–Kier alpha value is -3.06. The molecule has 6 nitrogen and oxygen atoms in total. The maximum Gasteiger partial charge on any atom is 0.266 e. The van der Waals surface area contributed by atoms with Crippen LogP contribution in [-0.4, -0.2) is 28.0 Å². The molecule has 0 aliphatic heterocycles. The molecule has 29 heavy (non-hydrogen) atoms. The van der Waals surface area contributed by atoms with Crippen LogP contribution in [0.15, 0.2) is 48.5 Å². The molecule has 0 radical (unpaired) electrons. The molecule has 7 heteroatoms. The van der Waals surface area contributed by atoms with Gasteiger partial charge in [0, 0.05) is 11.1 Å². The van der Waals surface area contributed by atoms with E-state index in [-0.39, 0.29) is 11.7 Å². The smallest absolute Gasteiger partial charge is 0.266 e. The molecule has 150 valence electrons. The van der Waals surface area contributed by atoms with Gasteiger partial charge in [0.2, 0.25) is 5.13 Å². The number of amides is 1. The summed E-state index contributed by atoms with van der Waals surface area (Å²) >= 11 is 1.31. The van der Waals surface area contributed by atoms with Gasteiger partial charge in [-0.2, -0.15) is 0 Å². The first-order valence-electron chi connectivity index (χ1n) is 9.36. The van der Waals surface area contributed by atoms with E-state index in [9.17, 15) is 9.59 Å². The van der Waals surface area contributed by atoms with Crippen molar-refractivity contribution in [2.45, 2.75) is 39.7 Å². The summed E-state index contributed by atoms with van der Waals surface area (Å²) in [5, 5.41) is 12.1. The quantitative estimate of drug-likeness (QED) is 0.559. The van der Waals surface area contributed by atoms with Gasteiger partial charge in [0.15, 0.2) is 11.9 Å². The third-order valence-corrected chi connectivity index (χ3v) is 5.31. The normalized spacial score (nSPS) is 11.9. The molecule has 0 saturated heterocycles. The first-order chi connectivity index (χ1) is 13.8. The second kappa shape index (κ2) is 8.96. The SMILES string of the molecule is CC(=O)c1ccc(OC(C)C(=O)Nc2nnc(-c3ccc(C(C)C)cc3)s2)cc1. The molecular formula is C22H23N3O3S. The molecule has 2 aromatic carbocycles. The summed E-state index contributed by atoms with van der Waals surface area (Å²) in [4.78, 5) is 23.7. The Balaban J connectivity index is 1.61. The predicted molar refractivity (Wildman–Crippen MR) is 115 cm³/mol. The Labute approximate surface area is 173 Å². The number of aromatic nitrogens is 2. The monoisotopic (exact) mass is 409 g/mol. The molecule has 0 fully saturated rings. The van der Waals surface area contributed by atoms with E-state index in [1.807, 2.05) is 12.1 Å². The minimum absolute atomic E-state index is 0.0201. The van der Waals surface area contributed by atoms with Gasteiger partial charge in [0.05, 0.1) is 0 Å². The van der Waals surface area contributed by atoms with E-state index in [2.05, 4.69) is 41.5 Å². The third-order valence-electron chi connectivity index (χ3n) is 4.42. The highest BCUT2D eigenvalue weighted by Gasteiger charge is 2.17. The van der Waals surface area contributed by atoms with Crippen molar-refractivity contribution in [2.24, 2.45) is 0 Å². The molecule has 3 aromatic rings. The Kier molecular flexibility index (Phi) is 6.39. The van der Waals surface area contributed by atoms with E-state index in [4.69, 9.17) is 4.74 Å². The predicted octanol–water partition coefficient (Wildman–Crippen LogP) is 4.94. The van der Waals surface area contributed by atoms with Crippen molar-refractivity contribution in [3.05, 3.63) is 59.7 Å². The van der Waals surface area contributed by atoms with Gasteiger partial charge < -0.3 is 4.74 Å². The number of hydrogen-bond donors (Lipinski definition) is 1. The van der Waals surface area contributed by atoms with Crippen molar-refractivity contribution < 1.29 is 14.3 Å². The number of hydrogen-bond acceptors (Lipinski definition) is 6. The van der Waals surface area contributed by atoms with E-state index >= 15 is 0 Å². The van der Waals surface area contributed by atoms with Crippen molar-refractivity contribution >= 4 is 28.2 Å². The summed E-state index contributed by atoms with van der Waals surface area (Å²) < 4.78 is 5.64. The van der Waals surface area contributed by atoms with Crippen LogP contribution in [0, 0.1) is 0 Å². The lowest BCUT2D eigenvalue weighted by molar-refractivity contribution is -0.122. The van der Waals surface area contributed by atoms with Gasteiger partial charge in [-0.15, -0.1) is 10.2 Å². The van der Waals surface area contributed by atoms with Crippen molar-refractivity contribution in [2.75, 3.05) is 5.32 Å². The van der Waals surface area contributed by atoms with Crippen molar-refractivity contribution in [3.8, 4) is 16.3 Å². The van der Waals surface area contributed by atoms with E-state index in [1.165, 1.54) is 23.8 Å². The summed E-state index contributed by atoms with van der Waals surface area (Å²) in [6, 6.07) is 14.9.